The number of carbonyl (C=O) groups excluding carboxylic acids is 2. The normalized spacial score (nSPS) is 45.0. The van der Waals surface area contributed by atoms with E-state index in [0.717, 1.165) is 24.8 Å². The van der Waals surface area contributed by atoms with Crippen molar-refractivity contribution in [3.8, 4) is 0 Å². The average molecular weight is 554 g/mol. The van der Waals surface area contributed by atoms with Gasteiger partial charge in [-0.25, -0.2) is 4.57 Å². The molecule has 38 heavy (non-hydrogen) atoms. The fourth-order valence-electron chi connectivity index (χ4n) is 8.46. The molecule has 212 valence electrons. The zero-order chi connectivity index (χ0) is 27.5. The SMILES string of the molecule is CCCC1O[C@@H]2C[C@H]3[C@@H]4CCC5=CC(=O)C=C[C@]5(C)[C@H]4[C@@H](O)C[C@]3(C)[C@]2(C(=O)COP(=O)(O)OCCN)O1. The van der Waals surface area contributed by atoms with Gasteiger partial charge in [-0.1, -0.05) is 38.8 Å². The molecule has 11 heteroatoms. The van der Waals surface area contributed by atoms with Crippen LogP contribution in [0.1, 0.15) is 59.3 Å². The molecule has 4 N–H and O–H groups in total. The molecular formula is C27H40NO9P. The highest BCUT2D eigenvalue weighted by molar-refractivity contribution is 7.47. The summed E-state index contributed by atoms with van der Waals surface area (Å²) in [5, 5.41) is 11.7. The third kappa shape index (κ3) is 4.23. The van der Waals surface area contributed by atoms with Crippen molar-refractivity contribution in [1.82, 2.24) is 0 Å². The van der Waals surface area contributed by atoms with Crippen molar-refractivity contribution in [3.05, 3.63) is 23.8 Å². The molecule has 0 radical (unpaired) electrons. The number of ether oxygens (including phenoxy) is 2. The number of carbonyl (C=O) groups is 2. The number of ketones is 2. The minimum absolute atomic E-state index is 0.00579. The molecule has 0 spiro atoms. The second kappa shape index (κ2) is 10.00. The Bertz CT molecular complexity index is 1090. The third-order valence-corrected chi connectivity index (χ3v) is 10.9. The van der Waals surface area contributed by atoms with Crippen LogP contribution in [0, 0.1) is 28.6 Å². The number of nitrogens with two attached hydrogens (primary N) is 1. The fraction of sp³-hybridized carbons (Fsp3) is 0.778. The number of phosphoric ester groups is 1. The van der Waals surface area contributed by atoms with Crippen molar-refractivity contribution in [1.29, 1.82) is 0 Å². The lowest BCUT2D eigenvalue weighted by molar-refractivity contribution is -0.200. The van der Waals surface area contributed by atoms with Crippen LogP contribution in [-0.2, 0) is 32.7 Å². The lowest BCUT2D eigenvalue weighted by Crippen LogP contribution is -2.63. The summed E-state index contributed by atoms with van der Waals surface area (Å²) in [5.41, 5.74) is 3.76. The number of rotatable bonds is 9. The summed E-state index contributed by atoms with van der Waals surface area (Å²) < 4.78 is 35.0. The van der Waals surface area contributed by atoms with Crippen LogP contribution in [0.25, 0.3) is 0 Å². The third-order valence-electron chi connectivity index (χ3n) is 9.96. The van der Waals surface area contributed by atoms with Gasteiger partial charge in [0.15, 0.2) is 23.5 Å². The molecule has 2 unspecified atom stereocenters. The molecule has 0 bridgehead atoms. The molecule has 10 atom stereocenters. The Morgan fingerprint density at radius 2 is 2.08 bits per heavy atom. The number of phosphoric acid groups is 1. The number of aliphatic hydroxyl groups excluding tert-OH is 1. The monoisotopic (exact) mass is 553 g/mol. The molecule has 10 nitrogen and oxygen atoms in total. The summed E-state index contributed by atoms with van der Waals surface area (Å²) in [6, 6.07) is 0. The maximum absolute atomic E-state index is 14.0. The highest BCUT2D eigenvalue weighted by Crippen LogP contribution is 2.69. The predicted octanol–water partition coefficient (Wildman–Crippen LogP) is 2.82. The van der Waals surface area contributed by atoms with Gasteiger partial charge in [0.2, 0.25) is 0 Å². The van der Waals surface area contributed by atoms with E-state index in [1.165, 1.54) is 0 Å². The summed E-state index contributed by atoms with van der Waals surface area (Å²) in [4.78, 5) is 36.1. The highest BCUT2D eigenvalue weighted by Gasteiger charge is 2.75. The van der Waals surface area contributed by atoms with Gasteiger partial charge < -0.3 is 25.2 Å². The Labute approximate surface area is 223 Å². The number of hydrogen-bond acceptors (Lipinski definition) is 9. The van der Waals surface area contributed by atoms with Crippen molar-refractivity contribution < 1.29 is 42.7 Å². The van der Waals surface area contributed by atoms with Crippen molar-refractivity contribution in [3.63, 3.8) is 0 Å². The van der Waals surface area contributed by atoms with Crippen LogP contribution < -0.4 is 5.73 Å². The molecule has 3 saturated carbocycles. The first-order valence-corrected chi connectivity index (χ1v) is 15.2. The molecule has 0 aromatic heterocycles. The summed E-state index contributed by atoms with van der Waals surface area (Å²) in [6.45, 7) is 5.26. The van der Waals surface area contributed by atoms with E-state index in [1.54, 1.807) is 12.2 Å². The first kappa shape index (κ1) is 28.3. The molecular weight excluding hydrogens is 513 g/mol. The maximum atomic E-state index is 14.0. The van der Waals surface area contributed by atoms with Crippen molar-refractivity contribution in [2.24, 2.45) is 34.3 Å². The van der Waals surface area contributed by atoms with Gasteiger partial charge in [0.05, 0.1) is 18.8 Å². The molecule has 5 rings (SSSR count). The van der Waals surface area contributed by atoms with Crippen LogP contribution in [0.2, 0.25) is 0 Å². The molecule has 1 heterocycles. The summed E-state index contributed by atoms with van der Waals surface area (Å²) >= 11 is 0. The summed E-state index contributed by atoms with van der Waals surface area (Å²) in [7, 11) is -4.48. The quantitative estimate of drug-likeness (QED) is 0.363. The number of fused-ring (bicyclic) bond motifs is 7. The smallest absolute Gasteiger partial charge is 0.393 e. The summed E-state index contributed by atoms with van der Waals surface area (Å²) in [5.74, 6) is -0.528. The van der Waals surface area contributed by atoms with Crippen molar-refractivity contribution in [2.45, 2.75) is 83.4 Å². The molecule has 4 fully saturated rings. The van der Waals surface area contributed by atoms with Gasteiger partial charge in [-0.15, -0.1) is 0 Å². The van der Waals surface area contributed by atoms with Crippen LogP contribution in [-0.4, -0.2) is 65.4 Å². The number of aliphatic hydroxyl groups is 1. The van der Waals surface area contributed by atoms with Gasteiger partial charge in [0.25, 0.3) is 0 Å². The van der Waals surface area contributed by atoms with Crippen LogP contribution in [0.5, 0.6) is 0 Å². The Kier molecular flexibility index (Phi) is 7.45. The minimum Gasteiger partial charge on any atom is -0.393 e. The van der Waals surface area contributed by atoms with Crippen LogP contribution in [0.4, 0.5) is 0 Å². The standard InChI is InChI=1S/C27H40NO9P/c1-4-5-23-36-22-13-19-18-7-6-16-12-17(29)8-9-25(16,2)24(18)20(30)14-26(19,3)27(22,37-23)21(31)15-35-38(32,33)34-11-10-28/h8-9,12,18-20,22-24,30H,4-7,10-11,13-15,28H2,1-3H3,(H,32,33)/t18-,19-,20-,22+,23?,24+,25-,26-,27+/m0/s1. The van der Waals surface area contributed by atoms with E-state index in [4.69, 9.17) is 24.3 Å². The van der Waals surface area contributed by atoms with E-state index in [-0.39, 0.29) is 36.7 Å². The van der Waals surface area contributed by atoms with Gasteiger partial charge in [0.1, 0.15) is 6.61 Å². The van der Waals surface area contributed by atoms with Crippen molar-refractivity contribution in [2.75, 3.05) is 19.8 Å². The molecule has 0 aromatic carbocycles. The molecule has 0 amide bonds. The van der Waals surface area contributed by atoms with Gasteiger partial charge in [-0.3, -0.25) is 18.6 Å². The second-order valence-corrected chi connectivity index (χ2v) is 13.4. The first-order chi connectivity index (χ1) is 17.9. The highest BCUT2D eigenvalue weighted by atomic mass is 31.2. The number of hydrogen-bond donors (Lipinski definition) is 3. The van der Waals surface area contributed by atoms with Crippen LogP contribution in [0.3, 0.4) is 0 Å². The molecule has 1 saturated heterocycles. The average Bonchev–Trinajstić information content (AvgIpc) is 3.34. The largest absolute Gasteiger partial charge is 0.472 e. The van der Waals surface area contributed by atoms with Crippen LogP contribution >= 0.6 is 7.82 Å². The molecule has 4 aliphatic carbocycles. The van der Waals surface area contributed by atoms with Gasteiger partial charge in [-0.05, 0) is 56.1 Å². The lowest BCUT2D eigenvalue weighted by Gasteiger charge is -2.59. The van der Waals surface area contributed by atoms with E-state index in [1.807, 2.05) is 19.9 Å². The fourth-order valence-corrected chi connectivity index (χ4v) is 9.15. The van der Waals surface area contributed by atoms with Gasteiger partial charge in [-0.2, -0.15) is 0 Å². The van der Waals surface area contributed by atoms with Crippen LogP contribution in [0.15, 0.2) is 23.8 Å². The van der Waals surface area contributed by atoms with Crippen molar-refractivity contribution >= 4 is 19.4 Å². The summed E-state index contributed by atoms with van der Waals surface area (Å²) in [6.07, 6.45) is 7.17. The van der Waals surface area contributed by atoms with Gasteiger partial charge in [0, 0.05) is 23.3 Å². The Morgan fingerprint density at radius 1 is 1.32 bits per heavy atom. The lowest BCUT2D eigenvalue weighted by atomic mass is 9.46. The Balaban J connectivity index is 1.48. The first-order valence-electron chi connectivity index (χ1n) is 13.7. The maximum Gasteiger partial charge on any atom is 0.472 e. The topological polar surface area (TPSA) is 155 Å². The van der Waals surface area contributed by atoms with E-state index in [2.05, 4.69) is 6.92 Å². The Hall–Kier alpha value is -1.23. The zero-order valence-corrected chi connectivity index (χ0v) is 23.2. The molecule has 5 aliphatic rings. The predicted molar refractivity (Wildman–Crippen MR) is 137 cm³/mol. The van der Waals surface area contributed by atoms with E-state index < -0.39 is 55.1 Å². The second-order valence-electron chi connectivity index (χ2n) is 11.9. The molecule has 1 aliphatic heterocycles. The van der Waals surface area contributed by atoms with E-state index in [9.17, 15) is 24.2 Å². The Morgan fingerprint density at radius 3 is 2.79 bits per heavy atom. The zero-order valence-electron chi connectivity index (χ0n) is 22.3. The van der Waals surface area contributed by atoms with E-state index in [0.29, 0.717) is 19.3 Å². The minimum atomic E-state index is -4.48. The van der Waals surface area contributed by atoms with Gasteiger partial charge >= 0.3 is 7.82 Å². The number of allylic oxidation sites excluding steroid dienone is 4. The molecule has 0 aromatic rings. The van der Waals surface area contributed by atoms with E-state index >= 15 is 0 Å². The number of Topliss-reactive ketones (excluding diaryl/α,β-unsaturated/α-hetero) is 1.